The number of rotatable bonds is 5. The molecule has 1 aliphatic carbocycles. The minimum Gasteiger partial charge on any atom is -0.489 e. The molecule has 0 bridgehead atoms. The zero-order chi connectivity index (χ0) is 14.0. The zero-order valence-electron chi connectivity index (χ0n) is 12.4. The Morgan fingerprint density at radius 1 is 1.26 bits per heavy atom. The first-order valence-electron chi connectivity index (χ1n) is 7.34. The van der Waals surface area contributed by atoms with Gasteiger partial charge in [-0.2, -0.15) is 0 Å². The number of hydrogen-bond donors (Lipinski definition) is 0. The Hall–Kier alpha value is -1.31. The molecule has 104 valence electrons. The molecule has 1 aromatic rings. The minimum atomic E-state index is -0.246. The number of para-hydroxylation sites is 1. The van der Waals surface area contributed by atoms with Crippen LogP contribution in [0.3, 0.4) is 0 Å². The summed E-state index contributed by atoms with van der Waals surface area (Å²) in [5.74, 6) is 1.75. The fourth-order valence-corrected chi connectivity index (χ4v) is 3.09. The summed E-state index contributed by atoms with van der Waals surface area (Å²) in [6, 6.07) is 8.18. The van der Waals surface area contributed by atoms with Crippen molar-refractivity contribution in [3.63, 3.8) is 0 Å². The predicted molar refractivity (Wildman–Crippen MR) is 77.6 cm³/mol. The minimum absolute atomic E-state index is 0.0508. The van der Waals surface area contributed by atoms with Crippen LogP contribution in [0.5, 0.6) is 5.75 Å². The van der Waals surface area contributed by atoms with Gasteiger partial charge in [-0.15, -0.1) is 0 Å². The molecule has 1 unspecified atom stereocenters. The molecule has 0 aliphatic heterocycles. The van der Waals surface area contributed by atoms with Crippen LogP contribution >= 0.6 is 0 Å². The Kier molecular flexibility index (Phi) is 3.98. The summed E-state index contributed by atoms with van der Waals surface area (Å²) in [5, 5.41) is 0. The molecule has 0 spiro atoms. The van der Waals surface area contributed by atoms with E-state index in [1.165, 1.54) is 5.56 Å². The third kappa shape index (κ3) is 2.29. The van der Waals surface area contributed by atoms with E-state index in [0.29, 0.717) is 18.1 Å². The van der Waals surface area contributed by atoms with E-state index in [0.717, 1.165) is 18.6 Å². The fourth-order valence-electron chi connectivity index (χ4n) is 3.09. The molecular formula is C17H24O2. The molecule has 0 saturated heterocycles. The van der Waals surface area contributed by atoms with E-state index in [1.807, 2.05) is 18.2 Å². The highest BCUT2D eigenvalue weighted by Gasteiger charge is 2.53. The molecule has 1 aliphatic rings. The maximum Gasteiger partial charge on any atom is 0.146 e. The molecule has 2 rings (SSSR count). The molecule has 1 fully saturated rings. The van der Waals surface area contributed by atoms with Gasteiger partial charge in [0.05, 0.1) is 5.41 Å². The standard InChI is InChI=1S/C17H24O2/c1-5-17(6-2)15(18)11-16(17)19-14-10-8-7-9-13(14)12(3)4/h7-10,12,16H,5-6,11H2,1-4H3. The van der Waals surface area contributed by atoms with Crippen molar-refractivity contribution in [3.05, 3.63) is 29.8 Å². The first kappa shape index (κ1) is 14.1. The predicted octanol–water partition coefficient (Wildman–Crippen LogP) is 4.34. The highest BCUT2D eigenvalue weighted by Crippen LogP contribution is 2.46. The van der Waals surface area contributed by atoms with Gasteiger partial charge >= 0.3 is 0 Å². The molecule has 1 saturated carbocycles. The molecule has 1 atom stereocenters. The summed E-state index contributed by atoms with van der Waals surface area (Å²) < 4.78 is 6.19. The third-order valence-electron chi connectivity index (χ3n) is 4.61. The van der Waals surface area contributed by atoms with Gasteiger partial charge in [-0.05, 0) is 30.4 Å². The lowest BCUT2D eigenvalue weighted by Gasteiger charge is -2.46. The summed E-state index contributed by atoms with van der Waals surface area (Å²) >= 11 is 0. The lowest BCUT2D eigenvalue weighted by molar-refractivity contribution is -0.153. The van der Waals surface area contributed by atoms with Crippen molar-refractivity contribution in [2.45, 2.75) is 59.0 Å². The van der Waals surface area contributed by atoms with Crippen molar-refractivity contribution in [1.29, 1.82) is 0 Å². The van der Waals surface area contributed by atoms with Gasteiger partial charge in [0.15, 0.2) is 0 Å². The number of ketones is 1. The topological polar surface area (TPSA) is 26.3 Å². The van der Waals surface area contributed by atoms with Crippen molar-refractivity contribution in [1.82, 2.24) is 0 Å². The first-order chi connectivity index (χ1) is 9.05. The second kappa shape index (κ2) is 5.36. The van der Waals surface area contributed by atoms with Crippen LogP contribution in [0.1, 0.15) is 58.4 Å². The van der Waals surface area contributed by atoms with E-state index >= 15 is 0 Å². The molecule has 1 aromatic carbocycles. The highest BCUT2D eigenvalue weighted by atomic mass is 16.5. The number of ether oxygens (including phenoxy) is 1. The van der Waals surface area contributed by atoms with E-state index in [4.69, 9.17) is 4.74 Å². The molecule has 0 N–H and O–H groups in total. The Morgan fingerprint density at radius 2 is 1.89 bits per heavy atom. The van der Waals surface area contributed by atoms with Gasteiger partial charge in [0.1, 0.15) is 17.6 Å². The van der Waals surface area contributed by atoms with Crippen LogP contribution in [0.4, 0.5) is 0 Å². The van der Waals surface area contributed by atoms with Crippen molar-refractivity contribution in [2.75, 3.05) is 0 Å². The number of carbonyl (C=O) groups is 1. The molecule has 0 aromatic heterocycles. The summed E-state index contributed by atoms with van der Waals surface area (Å²) in [4.78, 5) is 12.0. The Balaban J connectivity index is 2.21. The van der Waals surface area contributed by atoms with Gasteiger partial charge in [0, 0.05) is 6.42 Å². The van der Waals surface area contributed by atoms with Crippen LogP contribution in [0.25, 0.3) is 0 Å². The van der Waals surface area contributed by atoms with Crippen LogP contribution in [-0.4, -0.2) is 11.9 Å². The van der Waals surface area contributed by atoms with Crippen LogP contribution < -0.4 is 4.74 Å². The Morgan fingerprint density at radius 3 is 2.42 bits per heavy atom. The normalized spacial score (nSPS) is 21.3. The summed E-state index contributed by atoms with van der Waals surface area (Å²) in [7, 11) is 0. The van der Waals surface area contributed by atoms with E-state index in [1.54, 1.807) is 0 Å². The van der Waals surface area contributed by atoms with E-state index in [-0.39, 0.29) is 11.5 Å². The van der Waals surface area contributed by atoms with E-state index < -0.39 is 0 Å². The second-order valence-electron chi connectivity index (χ2n) is 5.79. The van der Waals surface area contributed by atoms with E-state index in [9.17, 15) is 4.79 Å². The average molecular weight is 260 g/mol. The van der Waals surface area contributed by atoms with Gasteiger partial charge in [-0.1, -0.05) is 45.9 Å². The third-order valence-corrected chi connectivity index (χ3v) is 4.61. The van der Waals surface area contributed by atoms with Crippen molar-refractivity contribution < 1.29 is 9.53 Å². The van der Waals surface area contributed by atoms with Crippen molar-refractivity contribution >= 4 is 5.78 Å². The monoisotopic (exact) mass is 260 g/mol. The first-order valence-corrected chi connectivity index (χ1v) is 7.34. The van der Waals surface area contributed by atoms with Gasteiger partial charge < -0.3 is 4.74 Å². The lowest BCUT2D eigenvalue weighted by Crippen LogP contribution is -2.56. The summed E-state index contributed by atoms with van der Waals surface area (Å²) in [6.07, 6.45) is 2.36. The molecule has 19 heavy (non-hydrogen) atoms. The van der Waals surface area contributed by atoms with Crippen LogP contribution in [0, 0.1) is 5.41 Å². The maximum atomic E-state index is 12.0. The SMILES string of the molecule is CCC1(CC)C(=O)CC1Oc1ccccc1C(C)C. The molecule has 2 heteroatoms. The summed E-state index contributed by atoms with van der Waals surface area (Å²) in [5.41, 5.74) is 0.979. The van der Waals surface area contributed by atoms with Gasteiger partial charge in [-0.25, -0.2) is 0 Å². The quantitative estimate of drug-likeness (QED) is 0.787. The number of Topliss-reactive ketones (excluding diaryl/α,β-unsaturated/α-hetero) is 1. The van der Waals surface area contributed by atoms with Crippen LogP contribution in [-0.2, 0) is 4.79 Å². The highest BCUT2D eigenvalue weighted by molar-refractivity contribution is 5.92. The molecule has 2 nitrogen and oxygen atoms in total. The van der Waals surface area contributed by atoms with Gasteiger partial charge in [0.2, 0.25) is 0 Å². The average Bonchev–Trinajstić information content (AvgIpc) is 2.40. The Bertz CT molecular complexity index is 458. The van der Waals surface area contributed by atoms with E-state index in [2.05, 4.69) is 33.8 Å². The van der Waals surface area contributed by atoms with Gasteiger partial charge in [-0.3, -0.25) is 4.79 Å². The summed E-state index contributed by atoms with van der Waals surface area (Å²) in [6.45, 7) is 8.51. The Labute approximate surface area is 116 Å². The van der Waals surface area contributed by atoms with Crippen molar-refractivity contribution in [2.24, 2.45) is 5.41 Å². The molecule has 0 amide bonds. The fraction of sp³-hybridized carbons (Fsp3) is 0.588. The second-order valence-corrected chi connectivity index (χ2v) is 5.79. The molecule has 0 radical (unpaired) electrons. The molecule has 0 heterocycles. The maximum absolute atomic E-state index is 12.0. The van der Waals surface area contributed by atoms with Crippen molar-refractivity contribution in [3.8, 4) is 5.75 Å². The number of carbonyl (C=O) groups excluding carboxylic acids is 1. The number of hydrogen-bond acceptors (Lipinski definition) is 2. The van der Waals surface area contributed by atoms with Crippen LogP contribution in [0.2, 0.25) is 0 Å². The lowest BCUT2D eigenvalue weighted by atomic mass is 9.61. The molecular weight excluding hydrogens is 236 g/mol. The smallest absolute Gasteiger partial charge is 0.146 e. The van der Waals surface area contributed by atoms with Crippen LogP contribution in [0.15, 0.2) is 24.3 Å². The largest absolute Gasteiger partial charge is 0.489 e. The van der Waals surface area contributed by atoms with Gasteiger partial charge in [0.25, 0.3) is 0 Å². The number of benzene rings is 1. The zero-order valence-corrected chi connectivity index (χ0v) is 12.4.